The highest BCUT2D eigenvalue weighted by Crippen LogP contribution is 2.44. The second kappa shape index (κ2) is 10.3. The average Bonchev–Trinajstić information content (AvgIpc) is 3.54. The lowest BCUT2D eigenvalue weighted by Crippen LogP contribution is -2.46. The van der Waals surface area contributed by atoms with Crippen LogP contribution in [0.3, 0.4) is 0 Å². The zero-order valence-electron chi connectivity index (χ0n) is 19.2. The molecule has 2 aromatic rings. The largest absolute Gasteiger partial charge is 0.480 e. The Balaban J connectivity index is 1.06. The number of thioether (sulfide) groups is 1. The molecule has 0 saturated carbocycles. The van der Waals surface area contributed by atoms with Crippen LogP contribution in [0.25, 0.3) is 11.1 Å². The van der Waals surface area contributed by atoms with Gasteiger partial charge in [0.05, 0.1) is 17.9 Å². The Morgan fingerprint density at radius 3 is 2.46 bits per heavy atom. The van der Waals surface area contributed by atoms with E-state index in [-0.39, 0.29) is 36.3 Å². The van der Waals surface area contributed by atoms with Crippen LogP contribution in [0.5, 0.6) is 0 Å². The van der Waals surface area contributed by atoms with Crippen molar-refractivity contribution in [1.29, 1.82) is 0 Å². The van der Waals surface area contributed by atoms with Crippen molar-refractivity contribution in [2.75, 3.05) is 31.3 Å². The van der Waals surface area contributed by atoms with E-state index in [4.69, 9.17) is 9.47 Å². The maximum atomic E-state index is 12.7. The van der Waals surface area contributed by atoms with Gasteiger partial charge in [0.1, 0.15) is 12.6 Å². The number of carbonyl (C=O) groups excluding carboxylic acids is 2. The maximum Gasteiger partial charge on any atom is 0.407 e. The van der Waals surface area contributed by atoms with E-state index >= 15 is 0 Å². The highest BCUT2D eigenvalue weighted by atomic mass is 32.2. The minimum atomic E-state index is -0.988. The molecule has 8 nitrogen and oxygen atoms in total. The number of carbonyl (C=O) groups is 3. The molecule has 184 valence electrons. The van der Waals surface area contributed by atoms with Crippen LogP contribution in [-0.4, -0.2) is 77.4 Å². The summed E-state index contributed by atoms with van der Waals surface area (Å²) < 4.78 is 11.1. The van der Waals surface area contributed by atoms with Crippen LogP contribution in [0.1, 0.15) is 29.9 Å². The van der Waals surface area contributed by atoms with E-state index in [9.17, 15) is 19.5 Å². The number of carboxylic acid groups (broad SMARTS) is 1. The van der Waals surface area contributed by atoms with Gasteiger partial charge in [-0.25, -0.2) is 9.59 Å². The van der Waals surface area contributed by atoms with E-state index in [1.54, 1.807) is 0 Å². The fraction of sp³-hybridized carbons (Fsp3) is 0.423. The number of ether oxygens (including phenoxy) is 2. The average molecular weight is 497 g/mol. The van der Waals surface area contributed by atoms with E-state index in [1.165, 1.54) is 27.8 Å². The molecule has 0 bridgehead atoms. The van der Waals surface area contributed by atoms with Crippen LogP contribution in [0.15, 0.2) is 48.5 Å². The first kappa shape index (κ1) is 23.7. The van der Waals surface area contributed by atoms with E-state index in [0.29, 0.717) is 31.7 Å². The molecule has 0 radical (unpaired) electrons. The van der Waals surface area contributed by atoms with E-state index in [0.717, 1.165) is 11.1 Å². The fourth-order valence-electron chi connectivity index (χ4n) is 5.43. The van der Waals surface area contributed by atoms with Crippen molar-refractivity contribution in [2.24, 2.45) is 0 Å². The number of benzene rings is 2. The van der Waals surface area contributed by atoms with Gasteiger partial charge in [0.25, 0.3) is 0 Å². The lowest BCUT2D eigenvalue weighted by Gasteiger charge is -2.26. The monoisotopic (exact) mass is 496 g/mol. The summed E-state index contributed by atoms with van der Waals surface area (Å²) in [5.74, 6) is -0.489. The molecule has 2 N–H and O–H groups in total. The molecule has 1 aliphatic carbocycles. The molecule has 3 aliphatic rings. The molecule has 2 amide bonds. The summed E-state index contributed by atoms with van der Waals surface area (Å²) in [5.41, 5.74) is 4.67. The second-order valence-electron chi connectivity index (χ2n) is 8.96. The zero-order valence-corrected chi connectivity index (χ0v) is 20.0. The fourth-order valence-corrected chi connectivity index (χ4v) is 6.15. The van der Waals surface area contributed by atoms with Gasteiger partial charge in [-0.3, -0.25) is 4.79 Å². The van der Waals surface area contributed by atoms with Gasteiger partial charge in [-0.15, -0.1) is 0 Å². The van der Waals surface area contributed by atoms with Gasteiger partial charge in [0.2, 0.25) is 5.91 Å². The molecule has 2 fully saturated rings. The maximum absolute atomic E-state index is 12.7. The summed E-state index contributed by atoms with van der Waals surface area (Å²) in [5, 5.41) is 12.2. The third kappa shape index (κ3) is 4.75. The predicted octanol–water partition coefficient (Wildman–Crippen LogP) is 3.10. The van der Waals surface area contributed by atoms with E-state index in [1.807, 2.05) is 24.3 Å². The molecule has 2 aliphatic heterocycles. The molecule has 35 heavy (non-hydrogen) atoms. The summed E-state index contributed by atoms with van der Waals surface area (Å²) in [6.45, 7) is 1.16. The molecule has 2 aromatic carbocycles. The Bertz CT molecular complexity index is 1080. The van der Waals surface area contributed by atoms with Crippen LogP contribution in [-0.2, 0) is 19.1 Å². The first-order valence-corrected chi connectivity index (χ1v) is 13.0. The Kier molecular flexibility index (Phi) is 6.97. The molecule has 9 heteroatoms. The minimum absolute atomic E-state index is 0.00572. The van der Waals surface area contributed by atoms with Crippen molar-refractivity contribution < 1.29 is 29.0 Å². The van der Waals surface area contributed by atoms with Crippen molar-refractivity contribution >= 4 is 29.7 Å². The molecular formula is C26H28N2O6S. The van der Waals surface area contributed by atoms with Gasteiger partial charge in [0, 0.05) is 31.2 Å². The predicted molar refractivity (Wildman–Crippen MR) is 131 cm³/mol. The summed E-state index contributed by atoms with van der Waals surface area (Å²) in [7, 11) is 0. The molecule has 1 unspecified atom stereocenters. The van der Waals surface area contributed by atoms with Crippen LogP contribution in [0.4, 0.5) is 4.79 Å². The molecule has 5 rings (SSSR count). The molecule has 2 heterocycles. The third-order valence-corrected chi connectivity index (χ3v) is 7.93. The number of hydrogen-bond acceptors (Lipinski definition) is 6. The number of nitrogens with one attached hydrogen (secondary N) is 1. The Morgan fingerprint density at radius 1 is 1.09 bits per heavy atom. The van der Waals surface area contributed by atoms with Gasteiger partial charge in [-0.05, 0) is 28.7 Å². The SMILES string of the molecule is O=C(NCCSCC(=O)N1C(C(=O)O)C[C@H]2OCC[C@H]21)OCC1c2ccccc2-c2ccccc21. The van der Waals surface area contributed by atoms with E-state index < -0.39 is 18.1 Å². The number of hydrogen-bond donors (Lipinski definition) is 2. The van der Waals surface area contributed by atoms with Crippen molar-refractivity contribution in [3.05, 3.63) is 59.7 Å². The van der Waals surface area contributed by atoms with E-state index in [2.05, 4.69) is 29.6 Å². The van der Waals surface area contributed by atoms with Crippen molar-refractivity contribution in [3.63, 3.8) is 0 Å². The second-order valence-corrected chi connectivity index (χ2v) is 10.1. The molecular weight excluding hydrogens is 468 g/mol. The molecule has 0 aromatic heterocycles. The number of aliphatic carboxylic acids is 1. The highest BCUT2D eigenvalue weighted by molar-refractivity contribution is 7.99. The number of fused-ring (bicyclic) bond motifs is 4. The summed E-state index contributed by atoms with van der Waals surface area (Å²) >= 11 is 1.37. The van der Waals surface area contributed by atoms with Crippen LogP contribution >= 0.6 is 11.8 Å². The van der Waals surface area contributed by atoms with Crippen molar-refractivity contribution in [1.82, 2.24) is 10.2 Å². The van der Waals surface area contributed by atoms with Crippen LogP contribution < -0.4 is 5.32 Å². The highest BCUT2D eigenvalue weighted by Gasteiger charge is 2.49. The lowest BCUT2D eigenvalue weighted by molar-refractivity contribution is -0.148. The topological polar surface area (TPSA) is 105 Å². The number of rotatable bonds is 8. The normalized spacial score (nSPS) is 22.4. The number of nitrogens with zero attached hydrogens (tertiary/aromatic N) is 1. The lowest BCUT2D eigenvalue weighted by atomic mass is 9.98. The standard InChI is InChI=1S/C26H28N2O6S/c29-24(28-21-9-11-33-23(21)13-22(28)25(30)31)15-35-12-10-27-26(32)34-14-20-18-7-3-1-5-16(18)17-6-2-4-8-19(17)20/h1-8,20-23H,9-15H2,(H,27,32)(H,30,31)/t21-,22?,23-/m1/s1. The van der Waals surface area contributed by atoms with Gasteiger partial charge in [0.15, 0.2) is 0 Å². The molecule has 3 atom stereocenters. The van der Waals surface area contributed by atoms with Crippen LogP contribution in [0, 0.1) is 0 Å². The third-order valence-electron chi connectivity index (χ3n) is 6.98. The summed E-state index contributed by atoms with van der Waals surface area (Å²) in [4.78, 5) is 38.1. The van der Waals surface area contributed by atoms with Gasteiger partial charge >= 0.3 is 12.1 Å². The summed E-state index contributed by atoms with van der Waals surface area (Å²) in [6.07, 6.45) is 0.351. The summed E-state index contributed by atoms with van der Waals surface area (Å²) in [6, 6.07) is 15.4. The first-order chi connectivity index (χ1) is 17.0. The quantitative estimate of drug-likeness (QED) is 0.541. The van der Waals surface area contributed by atoms with Gasteiger partial charge in [-0.1, -0.05) is 48.5 Å². The number of carboxylic acids is 1. The first-order valence-electron chi connectivity index (χ1n) is 11.9. The molecule has 2 saturated heterocycles. The van der Waals surface area contributed by atoms with Crippen molar-refractivity contribution in [3.8, 4) is 11.1 Å². The Morgan fingerprint density at radius 2 is 1.77 bits per heavy atom. The zero-order chi connectivity index (χ0) is 24.4. The van der Waals surface area contributed by atoms with Crippen molar-refractivity contribution in [2.45, 2.75) is 36.9 Å². The van der Waals surface area contributed by atoms with Gasteiger partial charge < -0.3 is 24.8 Å². The van der Waals surface area contributed by atoms with Gasteiger partial charge in [-0.2, -0.15) is 11.8 Å². The number of alkyl carbamates (subject to hydrolysis) is 1. The number of likely N-dealkylation sites (tertiary alicyclic amines) is 1. The van der Waals surface area contributed by atoms with Crippen LogP contribution in [0.2, 0.25) is 0 Å². The molecule has 0 spiro atoms. The Labute approximate surface area is 208 Å². The minimum Gasteiger partial charge on any atom is -0.480 e. The number of amides is 2. The smallest absolute Gasteiger partial charge is 0.407 e. The Hall–Kier alpha value is -3.04.